The monoisotopic (exact) mass is 203 g/mol. The summed E-state index contributed by atoms with van der Waals surface area (Å²) >= 11 is 0. The summed E-state index contributed by atoms with van der Waals surface area (Å²) < 4.78 is 13.3. The van der Waals surface area contributed by atoms with Gasteiger partial charge in [-0.05, 0) is 5.56 Å². The van der Waals surface area contributed by atoms with Gasteiger partial charge in [0.25, 0.3) is 0 Å². The first-order valence-electron chi connectivity index (χ1n) is 4.56. The Morgan fingerprint density at radius 3 is 2.67 bits per heavy atom. The Labute approximate surface area is 86.8 Å². The van der Waals surface area contributed by atoms with Crippen LogP contribution in [0.2, 0.25) is 0 Å². The predicted molar refractivity (Wildman–Crippen MR) is 55.7 cm³/mol. The topological polar surface area (TPSA) is 51.8 Å². The van der Waals surface area contributed by atoms with Crippen molar-refractivity contribution in [3.63, 3.8) is 0 Å². The lowest BCUT2D eigenvalue weighted by atomic mass is 10.1. The average Bonchev–Trinajstić information content (AvgIpc) is 2.25. The van der Waals surface area contributed by atoms with Crippen molar-refractivity contribution >= 4 is 5.95 Å². The fraction of sp³-hybridized carbons (Fsp3) is 0.0909. The van der Waals surface area contributed by atoms with Gasteiger partial charge in [-0.2, -0.15) is 0 Å². The van der Waals surface area contributed by atoms with Gasteiger partial charge in [-0.25, -0.2) is 14.4 Å². The van der Waals surface area contributed by atoms with Crippen LogP contribution < -0.4 is 5.73 Å². The zero-order valence-corrected chi connectivity index (χ0v) is 8.02. The molecule has 0 unspecified atom stereocenters. The van der Waals surface area contributed by atoms with Gasteiger partial charge in [0.2, 0.25) is 5.95 Å². The van der Waals surface area contributed by atoms with Gasteiger partial charge in [-0.1, -0.05) is 30.3 Å². The molecule has 2 rings (SSSR count). The SMILES string of the molecule is Nc1ncc(F)c(Cc2ccccc2)n1. The van der Waals surface area contributed by atoms with E-state index in [-0.39, 0.29) is 5.95 Å². The quantitative estimate of drug-likeness (QED) is 0.809. The molecule has 1 aromatic heterocycles. The van der Waals surface area contributed by atoms with Crippen LogP contribution in [0.3, 0.4) is 0 Å². The number of halogens is 1. The molecule has 3 nitrogen and oxygen atoms in total. The van der Waals surface area contributed by atoms with Gasteiger partial charge in [-0.3, -0.25) is 0 Å². The Balaban J connectivity index is 2.28. The van der Waals surface area contributed by atoms with Crippen molar-refractivity contribution in [2.45, 2.75) is 6.42 Å². The van der Waals surface area contributed by atoms with E-state index in [9.17, 15) is 4.39 Å². The van der Waals surface area contributed by atoms with Crippen molar-refractivity contribution in [1.82, 2.24) is 9.97 Å². The van der Waals surface area contributed by atoms with Crippen molar-refractivity contribution in [2.24, 2.45) is 0 Å². The van der Waals surface area contributed by atoms with Crippen molar-refractivity contribution in [3.05, 3.63) is 53.6 Å². The Morgan fingerprint density at radius 2 is 1.93 bits per heavy atom. The van der Waals surface area contributed by atoms with Crippen LogP contribution in [-0.2, 0) is 6.42 Å². The standard InChI is InChI=1S/C11H10FN3/c12-9-7-14-11(13)15-10(9)6-8-4-2-1-3-5-8/h1-5,7H,6H2,(H2,13,14,15). The Morgan fingerprint density at radius 1 is 1.20 bits per heavy atom. The molecule has 2 aromatic rings. The molecule has 4 heteroatoms. The summed E-state index contributed by atoms with van der Waals surface area (Å²) in [7, 11) is 0. The fourth-order valence-electron chi connectivity index (χ4n) is 1.33. The first kappa shape index (κ1) is 9.58. The molecule has 0 aliphatic rings. The number of nitrogens with zero attached hydrogens (tertiary/aromatic N) is 2. The highest BCUT2D eigenvalue weighted by molar-refractivity contribution is 5.25. The molecule has 0 radical (unpaired) electrons. The summed E-state index contributed by atoms with van der Waals surface area (Å²) in [4.78, 5) is 7.43. The molecule has 2 N–H and O–H groups in total. The highest BCUT2D eigenvalue weighted by atomic mass is 19.1. The molecular weight excluding hydrogens is 193 g/mol. The van der Waals surface area contributed by atoms with Crippen LogP contribution in [0.25, 0.3) is 0 Å². The molecular formula is C11H10FN3. The molecule has 0 amide bonds. The Hall–Kier alpha value is -1.97. The first-order chi connectivity index (χ1) is 7.25. The third-order valence-electron chi connectivity index (χ3n) is 2.05. The number of nitrogens with two attached hydrogens (primary N) is 1. The molecule has 0 saturated heterocycles. The summed E-state index contributed by atoms with van der Waals surface area (Å²) in [5, 5.41) is 0. The van der Waals surface area contributed by atoms with Crippen molar-refractivity contribution in [3.8, 4) is 0 Å². The molecule has 15 heavy (non-hydrogen) atoms. The Kier molecular flexibility index (Phi) is 2.58. The fourth-order valence-corrected chi connectivity index (χ4v) is 1.33. The average molecular weight is 203 g/mol. The van der Waals surface area contributed by atoms with Crippen LogP contribution in [0, 0.1) is 5.82 Å². The van der Waals surface area contributed by atoms with E-state index in [1.165, 1.54) is 0 Å². The molecule has 0 saturated carbocycles. The van der Waals surface area contributed by atoms with Crippen LogP contribution in [0.1, 0.15) is 11.3 Å². The molecule has 76 valence electrons. The summed E-state index contributed by atoms with van der Waals surface area (Å²) in [6.07, 6.45) is 1.53. The van der Waals surface area contributed by atoms with Crippen molar-refractivity contribution < 1.29 is 4.39 Å². The summed E-state index contributed by atoms with van der Waals surface area (Å²) in [6, 6.07) is 9.54. The van der Waals surface area contributed by atoms with E-state index in [1.807, 2.05) is 30.3 Å². The molecule has 0 bridgehead atoms. The largest absolute Gasteiger partial charge is 0.368 e. The van der Waals surface area contributed by atoms with Gasteiger partial charge in [-0.15, -0.1) is 0 Å². The number of nitrogen functional groups attached to an aromatic ring is 1. The van der Waals surface area contributed by atoms with Gasteiger partial charge in [0, 0.05) is 6.42 Å². The lowest BCUT2D eigenvalue weighted by molar-refractivity contribution is 0.597. The highest BCUT2D eigenvalue weighted by Gasteiger charge is 2.05. The van der Waals surface area contributed by atoms with Crippen LogP contribution >= 0.6 is 0 Å². The van der Waals surface area contributed by atoms with E-state index in [0.29, 0.717) is 12.1 Å². The van der Waals surface area contributed by atoms with Gasteiger partial charge >= 0.3 is 0 Å². The van der Waals surface area contributed by atoms with Crippen LogP contribution in [0.4, 0.5) is 10.3 Å². The van der Waals surface area contributed by atoms with E-state index in [0.717, 1.165) is 11.8 Å². The number of hydrogen-bond acceptors (Lipinski definition) is 3. The third kappa shape index (κ3) is 2.28. The van der Waals surface area contributed by atoms with Gasteiger partial charge in [0.15, 0.2) is 5.82 Å². The second-order valence-corrected chi connectivity index (χ2v) is 3.19. The first-order valence-corrected chi connectivity index (χ1v) is 4.56. The number of rotatable bonds is 2. The maximum absolute atomic E-state index is 13.3. The lowest BCUT2D eigenvalue weighted by Crippen LogP contribution is -2.02. The van der Waals surface area contributed by atoms with E-state index in [1.54, 1.807) is 0 Å². The molecule has 1 aromatic carbocycles. The van der Waals surface area contributed by atoms with E-state index < -0.39 is 5.82 Å². The normalized spacial score (nSPS) is 10.2. The lowest BCUT2D eigenvalue weighted by Gasteiger charge is -2.02. The van der Waals surface area contributed by atoms with E-state index in [4.69, 9.17) is 5.73 Å². The van der Waals surface area contributed by atoms with Gasteiger partial charge < -0.3 is 5.73 Å². The molecule has 0 spiro atoms. The number of anilines is 1. The smallest absolute Gasteiger partial charge is 0.220 e. The summed E-state index contributed by atoms with van der Waals surface area (Å²) in [5.74, 6) is -0.324. The summed E-state index contributed by atoms with van der Waals surface area (Å²) in [6.45, 7) is 0. The number of hydrogen-bond donors (Lipinski definition) is 1. The van der Waals surface area contributed by atoms with Crippen LogP contribution in [-0.4, -0.2) is 9.97 Å². The zero-order valence-electron chi connectivity index (χ0n) is 8.02. The highest BCUT2D eigenvalue weighted by Crippen LogP contribution is 2.10. The zero-order chi connectivity index (χ0) is 10.7. The van der Waals surface area contributed by atoms with Gasteiger partial charge in [0.1, 0.15) is 0 Å². The number of benzene rings is 1. The maximum atomic E-state index is 13.3. The van der Waals surface area contributed by atoms with Crippen LogP contribution in [0.15, 0.2) is 36.5 Å². The maximum Gasteiger partial charge on any atom is 0.220 e. The summed E-state index contributed by atoms with van der Waals surface area (Å²) in [5.41, 5.74) is 6.71. The molecule has 0 aliphatic carbocycles. The second-order valence-electron chi connectivity index (χ2n) is 3.19. The van der Waals surface area contributed by atoms with Crippen LogP contribution in [0.5, 0.6) is 0 Å². The molecule has 1 heterocycles. The minimum Gasteiger partial charge on any atom is -0.368 e. The second kappa shape index (κ2) is 4.04. The molecule has 0 fully saturated rings. The predicted octanol–water partition coefficient (Wildman–Crippen LogP) is 1.79. The van der Waals surface area contributed by atoms with Crippen molar-refractivity contribution in [2.75, 3.05) is 5.73 Å². The molecule has 0 atom stereocenters. The minimum absolute atomic E-state index is 0.0994. The Bertz CT molecular complexity index is 457. The third-order valence-corrected chi connectivity index (χ3v) is 2.05. The number of aromatic nitrogens is 2. The molecule has 0 aliphatic heterocycles. The van der Waals surface area contributed by atoms with Crippen molar-refractivity contribution in [1.29, 1.82) is 0 Å². The van der Waals surface area contributed by atoms with E-state index >= 15 is 0 Å². The van der Waals surface area contributed by atoms with Gasteiger partial charge in [0.05, 0.1) is 11.9 Å². The minimum atomic E-state index is -0.423. The van der Waals surface area contributed by atoms with E-state index in [2.05, 4.69) is 9.97 Å².